The first kappa shape index (κ1) is 13.7. The van der Waals surface area contributed by atoms with Gasteiger partial charge in [0.25, 0.3) is 0 Å². The van der Waals surface area contributed by atoms with Gasteiger partial charge in [0.05, 0.1) is 6.54 Å². The number of rotatable bonds is 4. The monoisotopic (exact) mass is 280 g/mol. The van der Waals surface area contributed by atoms with E-state index < -0.39 is 0 Å². The molecule has 3 heteroatoms. The number of hydrogen-bond donors (Lipinski definition) is 1. The molecule has 0 saturated heterocycles. The molecule has 0 heterocycles. The van der Waals surface area contributed by atoms with Crippen molar-refractivity contribution in [3.63, 3.8) is 0 Å². The van der Waals surface area contributed by atoms with Gasteiger partial charge in [-0.1, -0.05) is 24.3 Å². The minimum atomic E-state index is 0.0132. The van der Waals surface area contributed by atoms with Crippen LogP contribution < -0.4 is 10.2 Å². The van der Waals surface area contributed by atoms with Gasteiger partial charge in [-0.3, -0.25) is 4.79 Å². The first-order valence-electron chi connectivity index (χ1n) is 7.40. The maximum Gasteiger partial charge on any atom is 0.243 e. The van der Waals surface area contributed by atoms with Crippen molar-refractivity contribution in [2.75, 3.05) is 23.8 Å². The average Bonchev–Trinajstić information content (AvgIpc) is 2.95. The highest BCUT2D eigenvalue weighted by molar-refractivity contribution is 5.94. The largest absolute Gasteiger partial charge is 0.365 e. The first-order chi connectivity index (χ1) is 10.2. The summed E-state index contributed by atoms with van der Waals surface area (Å²) in [6.45, 7) is 0.348. The van der Waals surface area contributed by atoms with Crippen LogP contribution in [0.5, 0.6) is 0 Å². The van der Waals surface area contributed by atoms with Crippen LogP contribution in [0.15, 0.2) is 48.5 Å². The van der Waals surface area contributed by atoms with Crippen LogP contribution in [0.1, 0.15) is 17.5 Å². The van der Waals surface area contributed by atoms with Crippen molar-refractivity contribution in [1.82, 2.24) is 0 Å². The summed E-state index contributed by atoms with van der Waals surface area (Å²) in [5.74, 6) is 0.0132. The molecule has 0 saturated carbocycles. The molecule has 3 rings (SSSR count). The second-order valence-electron chi connectivity index (χ2n) is 5.58. The van der Waals surface area contributed by atoms with Crippen molar-refractivity contribution < 1.29 is 4.79 Å². The summed E-state index contributed by atoms with van der Waals surface area (Å²) in [4.78, 5) is 14.1. The average molecular weight is 280 g/mol. The molecule has 0 aliphatic heterocycles. The zero-order chi connectivity index (χ0) is 14.7. The van der Waals surface area contributed by atoms with Crippen LogP contribution in [-0.2, 0) is 17.6 Å². The van der Waals surface area contributed by atoms with Crippen LogP contribution >= 0.6 is 0 Å². The number of para-hydroxylation sites is 1. The van der Waals surface area contributed by atoms with Gasteiger partial charge in [-0.2, -0.15) is 0 Å². The number of carbonyl (C=O) groups is 1. The summed E-state index contributed by atoms with van der Waals surface area (Å²) in [7, 11) is 1.93. The predicted octanol–water partition coefficient (Wildman–Crippen LogP) is 3.25. The number of fused-ring (bicyclic) bond motifs is 1. The predicted molar refractivity (Wildman–Crippen MR) is 86.8 cm³/mol. The number of aryl methyl sites for hydroxylation is 2. The number of carbonyl (C=O) groups excluding carboxylic acids is 1. The molecule has 0 radical (unpaired) electrons. The fourth-order valence-corrected chi connectivity index (χ4v) is 2.84. The van der Waals surface area contributed by atoms with E-state index in [9.17, 15) is 4.79 Å². The van der Waals surface area contributed by atoms with Gasteiger partial charge in [-0.05, 0) is 54.7 Å². The molecule has 2 aromatic rings. The fraction of sp³-hybridized carbons (Fsp3) is 0.278. The number of hydrogen-bond acceptors (Lipinski definition) is 2. The molecular weight excluding hydrogens is 260 g/mol. The van der Waals surface area contributed by atoms with Gasteiger partial charge in [0.15, 0.2) is 0 Å². The molecule has 0 bridgehead atoms. The molecular formula is C18H20N2O. The van der Waals surface area contributed by atoms with E-state index in [4.69, 9.17) is 0 Å². The van der Waals surface area contributed by atoms with E-state index in [-0.39, 0.29) is 5.91 Å². The van der Waals surface area contributed by atoms with Gasteiger partial charge in [-0.25, -0.2) is 0 Å². The number of nitrogens with zero attached hydrogens (tertiary/aromatic N) is 1. The van der Waals surface area contributed by atoms with Crippen LogP contribution in [0.25, 0.3) is 0 Å². The molecule has 3 nitrogen and oxygen atoms in total. The van der Waals surface area contributed by atoms with Crippen LogP contribution in [0.3, 0.4) is 0 Å². The first-order valence-corrected chi connectivity index (χ1v) is 7.40. The molecule has 1 amide bonds. The molecule has 0 fully saturated rings. The Morgan fingerprint density at radius 3 is 2.67 bits per heavy atom. The standard InChI is InChI=1S/C18H20N2O/c1-20(17-8-3-2-4-9-17)13-18(21)19-16-11-10-14-6-5-7-15(14)12-16/h2-4,8-12H,5-7,13H2,1H3,(H,19,21). The van der Waals surface area contributed by atoms with E-state index in [1.165, 1.54) is 24.0 Å². The van der Waals surface area contributed by atoms with E-state index in [1.807, 2.05) is 48.3 Å². The molecule has 1 N–H and O–H groups in total. The number of amides is 1. The maximum absolute atomic E-state index is 12.1. The number of benzene rings is 2. The minimum Gasteiger partial charge on any atom is -0.365 e. The summed E-state index contributed by atoms with van der Waals surface area (Å²) in [5, 5.41) is 2.99. The van der Waals surface area contributed by atoms with Crippen molar-refractivity contribution in [2.45, 2.75) is 19.3 Å². The molecule has 0 atom stereocenters. The van der Waals surface area contributed by atoms with Crippen LogP contribution in [0.2, 0.25) is 0 Å². The van der Waals surface area contributed by atoms with Crippen molar-refractivity contribution >= 4 is 17.3 Å². The number of nitrogens with one attached hydrogen (secondary N) is 1. The Labute approximate surface area is 125 Å². The quantitative estimate of drug-likeness (QED) is 0.932. The summed E-state index contributed by atoms with van der Waals surface area (Å²) in [6.07, 6.45) is 3.52. The van der Waals surface area contributed by atoms with Crippen molar-refractivity contribution in [2.24, 2.45) is 0 Å². The highest BCUT2D eigenvalue weighted by Gasteiger charge is 2.12. The molecule has 21 heavy (non-hydrogen) atoms. The third-order valence-corrected chi connectivity index (χ3v) is 3.96. The SMILES string of the molecule is CN(CC(=O)Nc1ccc2c(c1)CCC2)c1ccccc1. The zero-order valence-electron chi connectivity index (χ0n) is 12.3. The Kier molecular flexibility index (Phi) is 3.91. The topological polar surface area (TPSA) is 32.3 Å². The van der Waals surface area contributed by atoms with Gasteiger partial charge < -0.3 is 10.2 Å². The second kappa shape index (κ2) is 6.00. The van der Waals surface area contributed by atoms with Gasteiger partial charge in [0.1, 0.15) is 0 Å². The Balaban J connectivity index is 1.61. The summed E-state index contributed by atoms with van der Waals surface area (Å²) >= 11 is 0. The van der Waals surface area contributed by atoms with Gasteiger partial charge in [0, 0.05) is 18.4 Å². The van der Waals surface area contributed by atoms with Crippen molar-refractivity contribution in [1.29, 1.82) is 0 Å². The molecule has 2 aromatic carbocycles. The Morgan fingerprint density at radius 1 is 1.10 bits per heavy atom. The molecule has 0 spiro atoms. The lowest BCUT2D eigenvalue weighted by Crippen LogP contribution is -2.30. The Hall–Kier alpha value is -2.29. The molecule has 1 aliphatic carbocycles. The normalized spacial score (nSPS) is 12.8. The maximum atomic E-state index is 12.1. The van der Waals surface area contributed by atoms with Crippen LogP contribution in [-0.4, -0.2) is 19.5 Å². The van der Waals surface area contributed by atoms with E-state index >= 15 is 0 Å². The summed E-state index contributed by atoms with van der Waals surface area (Å²) in [6, 6.07) is 16.2. The van der Waals surface area contributed by atoms with Gasteiger partial charge in [0.2, 0.25) is 5.91 Å². The van der Waals surface area contributed by atoms with Crippen LogP contribution in [0, 0.1) is 0 Å². The molecule has 0 unspecified atom stereocenters. The lowest BCUT2D eigenvalue weighted by Gasteiger charge is -2.18. The van der Waals surface area contributed by atoms with E-state index in [2.05, 4.69) is 17.4 Å². The lowest BCUT2D eigenvalue weighted by molar-refractivity contribution is -0.114. The molecule has 0 aromatic heterocycles. The smallest absolute Gasteiger partial charge is 0.243 e. The van der Waals surface area contributed by atoms with E-state index in [0.29, 0.717) is 6.54 Å². The third kappa shape index (κ3) is 3.24. The summed E-state index contributed by atoms with van der Waals surface area (Å²) in [5.41, 5.74) is 4.75. The minimum absolute atomic E-state index is 0.0132. The fourth-order valence-electron chi connectivity index (χ4n) is 2.84. The highest BCUT2D eigenvalue weighted by Crippen LogP contribution is 2.24. The molecule has 1 aliphatic rings. The van der Waals surface area contributed by atoms with Crippen molar-refractivity contribution in [3.8, 4) is 0 Å². The van der Waals surface area contributed by atoms with E-state index in [1.54, 1.807) is 0 Å². The van der Waals surface area contributed by atoms with Gasteiger partial charge in [-0.15, -0.1) is 0 Å². The van der Waals surface area contributed by atoms with E-state index in [0.717, 1.165) is 17.8 Å². The Morgan fingerprint density at radius 2 is 1.86 bits per heavy atom. The number of likely N-dealkylation sites (N-methyl/N-ethyl adjacent to an activating group) is 1. The van der Waals surface area contributed by atoms with Crippen LogP contribution in [0.4, 0.5) is 11.4 Å². The number of anilines is 2. The summed E-state index contributed by atoms with van der Waals surface area (Å²) < 4.78 is 0. The second-order valence-corrected chi connectivity index (χ2v) is 5.58. The zero-order valence-corrected chi connectivity index (χ0v) is 12.3. The Bertz CT molecular complexity index is 637. The van der Waals surface area contributed by atoms with Crippen molar-refractivity contribution in [3.05, 3.63) is 59.7 Å². The lowest BCUT2D eigenvalue weighted by atomic mass is 10.1. The highest BCUT2D eigenvalue weighted by atomic mass is 16.2. The molecule has 108 valence electrons. The van der Waals surface area contributed by atoms with Gasteiger partial charge >= 0.3 is 0 Å². The third-order valence-electron chi connectivity index (χ3n) is 3.96.